The second-order valence-corrected chi connectivity index (χ2v) is 27.8. The fourth-order valence-corrected chi connectivity index (χ4v) is 12.7. The summed E-state index contributed by atoms with van der Waals surface area (Å²) >= 11 is 0. The zero-order chi connectivity index (χ0) is 54.9. The van der Waals surface area contributed by atoms with Crippen LogP contribution in [-0.2, 0) is 88.5 Å². The lowest BCUT2D eigenvalue weighted by atomic mass is 10.3. The van der Waals surface area contributed by atoms with E-state index in [0.717, 1.165) is 23.4 Å². The fourth-order valence-electron chi connectivity index (χ4n) is 5.81. The van der Waals surface area contributed by atoms with Gasteiger partial charge in [-0.15, -0.1) is 0 Å². The number of carbonyl (C=O) groups is 3. The van der Waals surface area contributed by atoms with Gasteiger partial charge in [-0.25, -0.2) is 16.8 Å². The van der Waals surface area contributed by atoms with Gasteiger partial charge in [-0.1, -0.05) is 0 Å². The minimum absolute atomic E-state index is 0.160. The first-order chi connectivity index (χ1) is 33.1. The maximum absolute atomic E-state index is 12.5. The average molecular weight is 1140 g/mol. The predicted molar refractivity (Wildman–Crippen MR) is 248 cm³/mol. The monoisotopic (exact) mass is 1140 g/mol. The number of nitrogens with one attached hydrogen (secondary N) is 3. The largest absolute Gasteiger partial charge is 0.500 e. The Morgan fingerprint density at radius 3 is 0.873 bits per heavy atom. The van der Waals surface area contributed by atoms with Crippen LogP contribution in [0.5, 0.6) is 0 Å². The van der Waals surface area contributed by atoms with Crippen LogP contribution in [-0.4, -0.2) is 226 Å². The molecule has 0 spiro atoms. The maximum atomic E-state index is 12.5. The van der Waals surface area contributed by atoms with Gasteiger partial charge in [0, 0.05) is 102 Å². The summed E-state index contributed by atoms with van der Waals surface area (Å²) in [7, 11) is -5.11. The molecule has 0 aromatic rings. The lowest BCUT2D eigenvalue weighted by Gasteiger charge is -2.34. The Bertz CT molecular complexity index is 1520. The first-order valence-electron chi connectivity index (χ1n) is 21.8. The molecule has 0 unspecified atom stereocenters. The molecule has 424 valence electrons. The molecule has 3 N–H and O–H groups in total. The van der Waals surface area contributed by atoms with Crippen LogP contribution in [0.4, 0.5) is 26.3 Å². The highest BCUT2D eigenvalue weighted by Crippen LogP contribution is 2.36. The molecule has 0 fully saturated rings. The molecular formula is C36H75F6N5O19S2Si3. The maximum Gasteiger partial charge on any atom is 0.500 e. The molecule has 0 saturated carbocycles. The number of carbonyl (C=O) groups excluding carboxylic acids is 3. The average Bonchev–Trinajstić information content (AvgIpc) is 3.31. The van der Waals surface area contributed by atoms with Gasteiger partial charge in [-0.05, 0) is 38.9 Å². The summed E-state index contributed by atoms with van der Waals surface area (Å²) < 4.78 is 175. The van der Waals surface area contributed by atoms with Crippen molar-refractivity contribution in [2.75, 3.05) is 150 Å². The van der Waals surface area contributed by atoms with Crippen molar-refractivity contribution >= 4 is 64.4 Å². The van der Waals surface area contributed by atoms with Crippen molar-refractivity contribution in [2.45, 2.75) is 67.7 Å². The topological polar surface area (TPSA) is 280 Å². The summed E-state index contributed by atoms with van der Waals surface area (Å²) in [6, 6.07) is 1.98. The molecule has 0 saturated heterocycles. The molecule has 0 amide bonds. The Labute approximate surface area is 416 Å². The fraction of sp³-hybridized carbons (Fsp3) is 0.917. The van der Waals surface area contributed by atoms with Gasteiger partial charge in [0.1, 0.15) is 39.5 Å². The normalized spacial score (nSPS) is 13.1. The quantitative estimate of drug-likeness (QED) is 0.0197. The van der Waals surface area contributed by atoms with E-state index in [-0.39, 0.29) is 57.0 Å². The van der Waals surface area contributed by atoms with Gasteiger partial charge in [0.05, 0.1) is 26.3 Å². The Hall–Kier alpha value is -2.02. The van der Waals surface area contributed by atoms with E-state index in [4.69, 9.17) is 54.0 Å². The number of ether oxygens (including phenoxy) is 3. The van der Waals surface area contributed by atoms with Crippen LogP contribution < -0.4 is 16.0 Å². The van der Waals surface area contributed by atoms with Crippen LogP contribution in [0.1, 0.15) is 38.5 Å². The van der Waals surface area contributed by atoms with E-state index in [1.54, 1.807) is 64.0 Å². The molecule has 0 aromatic heterocycles. The smallest absolute Gasteiger partial charge is 0.460 e. The number of halogens is 6. The van der Waals surface area contributed by atoms with E-state index >= 15 is 0 Å². The number of rotatable bonds is 41. The minimum atomic E-state index is -6.72. The van der Waals surface area contributed by atoms with Gasteiger partial charge in [0.15, 0.2) is 20.0 Å². The van der Waals surface area contributed by atoms with Crippen molar-refractivity contribution in [2.24, 2.45) is 0 Å². The van der Waals surface area contributed by atoms with Crippen molar-refractivity contribution in [1.29, 1.82) is 0 Å². The number of sulfonamides is 2. The van der Waals surface area contributed by atoms with E-state index in [9.17, 15) is 57.6 Å². The molecule has 0 aliphatic heterocycles. The van der Waals surface area contributed by atoms with Crippen LogP contribution in [0.15, 0.2) is 0 Å². The number of hydrogen-bond acceptors (Lipinski definition) is 22. The van der Waals surface area contributed by atoms with Gasteiger partial charge in [0.2, 0.25) is 0 Å². The van der Waals surface area contributed by atoms with Crippen LogP contribution in [0.3, 0.4) is 0 Å². The number of hydrogen-bond donors (Lipinski definition) is 3. The highest BCUT2D eigenvalue weighted by atomic mass is 32.3. The van der Waals surface area contributed by atoms with E-state index in [1.807, 2.05) is 7.05 Å². The molecular weight excluding hydrogens is 1070 g/mol. The van der Waals surface area contributed by atoms with Crippen LogP contribution >= 0.6 is 0 Å². The van der Waals surface area contributed by atoms with Gasteiger partial charge in [0.25, 0.3) is 0 Å². The minimum Gasteiger partial charge on any atom is -0.460 e. The summed E-state index contributed by atoms with van der Waals surface area (Å²) in [6.07, 6.45) is 2.96. The third kappa shape index (κ3) is 29.6. The molecule has 71 heavy (non-hydrogen) atoms. The second kappa shape index (κ2) is 36.0. The van der Waals surface area contributed by atoms with E-state index < -0.39 is 57.5 Å². The number of likely N-dealkylation sites (N-methyl/N-ethyl adjacent to an activating group) is 1. The molecule has 0 rings (SSSR count). The third-order valence-corrected chi connectivity index (χ3v) is 21.5. The van der Waals surface area contributed by atoms with Crippen molar-refractivity contribution in [3.05, 3.63) is 4.13 Å². The zero-order valence-electron chi connectivity index (χ0n) is 42.1. The highest BCUT2D eigenvalue weighted by molar-refractivity contribution is 8.13. The van der Waals surface area contributed by atoms with Gasteiger partial charge in [-0.3, -0.25) is 14.4 Å². The van der Waals surface area contributed by atoms with Crippen molar-refractivity contribution < 1.29 is 116 Å². The number of alkyl halides is 6. The zero-order valence-corrected chi connectivity index (χ0v) is 46.7. The Balaban J connectivity index is 0. The molecule has 24 nitrogen and oxygen atoms in total. The number of quaternary nitrogens is 1. The summed E-state index contributed by atoms with van der Waals surface area (Å²) in [5.41, 5.74) is -12.4. The SMILES string of the molecule is CO[Si](CCCNCCC(=O)OCC[N+](C)(CCOC(=O)CCNCCC[Si](OC)(OC)OC)CCOC(=O)CCNCCC[Si](OC)(OC)OC)(OC)OC.O=S(=O)([N-]S(=O)(=O)C(F)(F)F)C(F)(F)F. The van der Waals surface area contributed by atoms with Gasteiger partial charge < -0.3 is 78.6 Å². The van der Waals surface area contributed by atoms with Crippen molar-refractivity contribution in [3.8, 4) is 0 Å². The standard InChI is InChI=1S/C34H75N4O15Si3.C2F6NO4S2/c1-38(23-26-51-32(39)14-20-35-17-11-29-54(42-2,43-3)44-4,24-27-52-33(40)15-21-36-18-12-30-55(45-5,46-6)47-7)25-28-53-34(41)16-22-37-19-13-31-56(48-8,49-9)50-10;3-1(4,5)14(10,11)9-15(12,13)2(6,7)8/h35-37H,11-31H2,1-10H3;/q+1;-1. The molecule has 0 heterocycles. The Morgan fingerprint density at radius 1 is 0.451 bits per heavy atom. The lowest BCUT2D eigenvalue weighted by molar-refractivity contribution is -0.910. The molecule has 0 bridgehead atoms. The second-order valence-electron chi connectivity index (χ2n) is 15.1. The predicted octanol–water partition coefficient (Wildman–Crippen LogP) is 1.87. The summed E-state index contributed by atoms with van der Waals surface area (Å²) in [6.45, 7) is 5.24. The third-order valence-electron chi connectivity index (χ3n) is 10.3. The summed E-state index contributed by atoms with van der Waals surface area (Å²) in [4.78, 5) is 37.4. The van der Waals surface area contributed by atoms with E-state index in [1.165, 1.54) is 0 Å². The van der Waals surface area contributed by atoms with Crippen molar-refractivity contribution in [1.82, 2.24) is 16.0 Å². The Morgan fingerprint density at radius 2 is 0.676 bits per heavy atom. The van der Waals surface area contributed by atoms with Crippen LogP contribution in [0.25, 0.3) is 4.13 Å². The van der Waals surface area contributed by atoms with E-state index in [0.29, 0.717) is 81.5 Å². The Kier molecular flexibility index (Phi) is 36.1. The first-order valence-corrected chi connectivity index (χ1v) is 30.5. The molecule has 35 heteroatoms. The molecule has 0 atom stereocenters. The van der Waals surface area contributed by atoms with E-state index in [2.05, 4.69) is 16.0 Å². The molecule has 0 radical (unpaired) electrons. The summed E-state index contributed by atoms with van der Waals surface area (Å²) in [5, 5.41) is 9.71. The highest BCUT2D eigenvalue weighted by Gasteiger charge is 2.47. The summed E-state index contributed by atoms with van der Waals surface area (Å²) in [5.74, 6) is -0.970. The van der Waals surface area contributed by atoms with Crippen LogP contribution in [0.2, 0.25) is 18.1 Å². The van der Waals surface area contributed by atoms with Gasteiger partial charge >= 0.3 is 55.3 Å². The molecule has 0 aromatic carbocycles. The molecule has 0 aliphatic carbocycles. The van der Waals surface area contributed by atoms with Gasteiger partial charge in [-0.2, -0.15) is 26.3 Å². The van der Waals surface area contributed by atoms with Crippen molar-refractivity contribution in [3.63, 3.8) is 0 Å². The van der Waals surface area contributed by atoms with Crippen LogP contribution in [0, 0.1) is 0 Å². The molecule has 0 aliphatic rings. The number of esters is 3. The number of nitrogens with zero attached hydrogens (tertiary/aromatic N) is 2. The lowest BCUT2D eigenvalue weighted by Crippen LogP contribution is -2.51. The first kappa shape index (κ1) is 71.1.